The van der Waals surface area contributed by atoms with Crippen molar-refractivity contribution in [2.24, 2.45) is 0 Å². The van der Waals surface area contributed by atoms with Crippen LogP contribution in [0.15, 0.2) is 18.2 Å². The van der Waals surface area contributed by atoms with Crippen LogP contribution in [0.4, 0.5) is 4.39 Å². The van der Waals surface area contributed by atoms with E-state index in [0.717, 1.165) is 6.07 Å². The molecule has 0 aliphatic heterocycles. The number of methoxy groups -OCH3 is 1. The van der Waals surface area contributed by atoms with Gasteiger partial charge in [0.1, 0.15) is 12.2 Å². The van der Waals surface area contributed by atoms with E-state index in [-0.39, 0.29) is 23.8 Å². The van der Waals surface area contributed by atoms with Gasteiger partial charge in [-0.15, -0.1) is 0 Å². The summed E-state index contributed by atoms with van der Waals surface area (Å²) in [6, 6.07) is 3.89. The number of halogens is 1. The van der Waals surface area contributed by atoms with E-state index in [4.69, 9.17) is 4.74 Å². The average Bonchev–Trinajstić information content (AvgIpc) is 2.34. The molecule has 0 aliphatic carbocycles. The Labute approximate surface area is 104 Å². The van der Waals surface area contributed by atoms with Gasteiger partial charge in [-0.2, -0.15) is 0 Å². The number of ether oxygens (including phenoxy) is 1. The van der Waals surface area contributed by atoms with E-state index < -0.39 is 18.0 Å². The van der Waals surface area contributed by atoms with Gasteiger partial charge in [0.05, 0.1) is 7.11 Å². The summed E-state index contributed by atoms with van der Waals surface area (Å²) < 4.78 is 18.1. The maximum absolute atomic E-state index is 13.4. The zero-order chi connectivity index (χ0) is 13.7. The molecule has 3 N–H and O–H groups in total. The highest BCUT2D eigenvalue weighted by atomic mass is 19.1. The van der Waals surface area contributed by atoms with Crippen LogP contribution in [0.3, 0.4) is 0 Å². The molecule has 100 valence electrons. The molecule has 1 aromatic carbocycles. The normalized spacial score (nSPS) is 13.8. The van der Waals surface area contributed by atoms with Gasteiger partial charge in [-0.05, 0) is 17.7 Å². The van der Waals surface area contributed by atoms with E-state index in [2.05, 4.69) is 5.32 Å². The van der Waals surface area contributed by atoms with Crippen LogP contribution in [0.5, 0.6) is 5.75 Å². The second kappa shape index (κ2) is 6.32. The molecule has 5 nitrogen and oxygen atoms in total. The molecular formula is C12H16FNO4. The molecule has 18 heavy (non-hydrogen) atoms. The first-order valence-corrected chi connectivity index (χ1v) is 5.39. The largest absolute Gasteiger partial charge is 0.494 e. The average molecular weight is 257 g/mol. The minimum absolute atomic E-state index is 0.0577. The highest BCUT2D eigenvalue weighted by molar-refractivity contribution is 5.72. The lowest BCUT2D eigenvalue weighted by atomic mass is 10.0. The molecule has 1 rings (SSSR count). The Morgan fingerprint density at radius 2 is 2.17 bits per heavy atom. The van der Waals surface area contributed by atoms with Crippen LogP contribution in [0.25, 0.3) is 0 Å². The number of nitrogens with one attached hydrogen (secondary N) is 1. The van der Waals surface area contributed by atoms with Gasteiger partial charge in [0.15, 0.2) is 11.6 Å². The maximum Gasteiger partial charge on any atom is 0.216 e. The van der Waals surface area contributed by atoms with Crippen molar-refractivity contribution in [2.45, 2.75) is 19.1 Å². The predicted molar refractivity (Wildman–Crippen MR) is 62.6 cm³/mol. The van der Waals surface area contributed by atoms with Crippen LogP contribution < -0.4 is 10.1 Å². The lowest BCUT2D eigenvalue weighted by Gasteiger charge is -2.18. The highest BCUT2D eigenvalue weighted by Gasteiger charge is 2.19. The Morgan fingerprint density at radius 1 is 1.50 bits per heavy atom. The third kappa shape index (κ3) is 3.68. The minimum atomic E-state index is -1.28. The number of amides is 1. The number of carbonyl (C=O) groups excluding carboxylic acids is 1. The number of aliphatic hydroxyl groups excluding tert-OH is 2. The van der Waals surface area contributed by atoms with Crippen molar-refractivity contribution < 1.29 is 24.1 Å². The molecule has 0 saturated heterocycles. The van der Waals surface area contributed by atoms with Gasteiger partial charge in [-0.25, -0.2) is 4.39 Å². The molecule has 2 atom stereocenters. The number of hydrogen-bond acceptors (Lipinski definition) is 4. The van der Waals surface area contributed by atoms with Crippen molar-refractivity contribution in [3.05, 3.63) is 29.6 Å². The van der Waals surface area contributed by atoms with Crippen LogP contribution in [0.1, 0.15) is 18.6 Å². The second-order valence-electron chi connectivity index (χ2n) is 3.84. The lowest BCUT2D eigenvalue weighted by molar-refractivity contribution is -0.119. The van der Waals surface area contributed by atoms with E-state index >= 15 is 0 Å². The second-order valence-corrected chi connectivity index (χ2v) is 3.84. The van der Waals surface area contributed by atoms with Crippen molar-refractivity contribution >= 4 is 5.91 Å². The molecule has 0 saturated carbocycles. The van der Waals surface area contributed by atoms with E-state index in [1.807, 2.05) is 0 Å². The van der Waals surface area contributed by atoms with Gasteiger partial charge in [0.2, 0.25) is 5.91 Å². The topological polar surface area (TPSA) is 78.8 Å². The Kier molecular flexibility index (Phi) is 5.06. The summed E-state index contributed by atoms with van der Waals surface area (Å²) >= 11 is 0. The fourth-order valence-corrected chi connectivity index (χ4v) is 1.45. The monoisotopic (exact) mass is 257 g/mol. The molecule has 0 bridgehead atoms. The van der Waals surface area contributed by atoms with E-state index in [9.17, 15) is 19.4 Å². The standard InChI is InChI=1S/C12H16FNO4/c1-7(15)14-6-10(16)12(17)8-3-4-11(18-2)9(13)5-8/h3-5,10,12,16-17H,6H2,1-2H3,(H,14,15). The highest BCUT2D eigenvalue weighted by Crippen LogP contribution is 2.23. The number of aliphatic hydroxyl groups is 2. The molecule has 0 aliphatic rings. The van der Waals surface area contributed by atoms with Gasteiger partial charge < -0.3 is 20.3 Å². The van der Waals surface area contributed by atoms with Crippen LogP contribution in [-0.4, -0.2) is 35.9 Å². The minimum Gasteiger partial charge on any atom is -0.494 e. The summed E-state index contributed by atoms with van der Waals surface area (Å²) in [7, 11) is 1.33. The van der Waals surface area contributed by atoms with Crippen molar-refractivity contribution in [2.75, 3.05) is 13.7 Å². The van der Waals surface area contributed by atoms with Crippen LogP contribution in [0.2, 0.25) is 0 Å². The molecule has 1 amide bonds. The molecule has 0 heterocycles. The summed E-state index contributed by atoms with van der Waals surface area (Å²) in [5.41, 5.74) is 0.214. The Hall–Kier alpha value is -1.66. The fraction of sp³-hybridized carbons (Fsp3) is 0.417. The Morgan fingerprint density at radius 3 is 2.67 bits per heavy atom. The lowest BCUT2D eigenvalue weighted by Crippen LogP contribution is -2.34. The first-order valence-electron chi connectivity index (χ1n) is 5.39. The first-order chi connectivity index (χ1) is 8.45. The number of carbonyl (C=O) groups is 1. The zero-order valence-electron chi connectivity index (χ0n) is 10.2. The quantitative estimate of drug-likeness (QED) is 0.712. The smallest absolute Gasteiger partial charge is 0.216 e. The van der Waals surface area contributed by atoms with Crippen LogP contribution >= 0.6 is 0 Å². The molecule has 0 radical (unpaired) electrons. The molecule has 0 aromatic heterocycles. The molecular weight excluding hydrogens is 241 g/mol. The number of rotatable bonds is 5. The molecule has 1 aromatic rings. The number of benzene rings is 1. The SMILES string of the molecule is COc1ccc(C(O)C(O)CNC(C)=O)cc1F. The molecule has 0 fully saturated rings. The Bertz CT molecular complexity index is 425. The predicted octanol–water partition coefficient (Wildman–Crippen LogP) is 0.365. The zero-order valence-corrected chi connectivity index (χ0v) is 10.2. The van der Waals surface area contributed by atoms with Gasteiger partial charge in [0.25, 0.3) is 0 Å². The van der Waals surface area contributed by atoms with E-state index in [1.165, 1.54) is 26.2 Å². The Balaban J connectivity index is 2.74. The third-order valence-corrected chi connectivity index (χ3v) is 2.44. The molecule has 6 heteroatoms. The summed E-state index contributed by atoms with van der Waals surface area (Å²) in [4.78, 5) is 10.7. The summed E-state index contributed by atoms with van der Waals surface area (Å²) in [5, 5.41) is 21.8. The van der Waals surface area contributed by atoms with E-state index in [0.29, 0.717) is 0 Å². The van der Waals surface area contributed by atoms with Crippen molar-refractivity contribution in [1.29, 1.82) is 0 Å². The molecule has 2 unspecified atom stereocenters. The van der Waals surface area contributed by atoms with E-state index in [1.54, 1.807) is 0 Å². The van der Waals surface area contributed by atoms with Gasteiger partial charge in [0, 0.05) is 13.5 Å². The van der Waals surface area contributed by atoms with Gasteiger partial charge >= 0.3 is 0 Å². The van der Waals surface area contributed by atoms with Gasteiger partial charge in [-0.1, -0.05) is 6.07 Å². The summed E-state index contributed by atoms with van der Waals surface area (Å²) in [6.07, 6.45) is -2.49. The van der Waals surface area contributed by atoms with Gasteiger partial charge in [-0.3, -0.25) is 4.79 Å². The summed E-state index contributed by atoms with van der Waals surface area (Å²) in [6.45, 7) is 1.19. The van der Waals surface area contributed by atoms with Crippen LogP contribution in [-0.2, 0) is 4.79 Å². The van der Waals surface area contributed by atoms with Crippen molar-refractivity contribution in [3.8, 4) is 5.75 Å². The first kappa shape index (κ1) is 14.4. The molecule has 0 spiro atoms. The fourth-order valence-electron chi connectivity index (χ4n) is 1.45. The third-order valence-electron chi connectivity index (χ3n) is 2.44. The van der Waals surface area contributed by atoms with Crippen LogP contribution in [0, 0.1) is 5.82 Å². The summed E-state index contributed by atoms with van der Waals surface area (Å²) in [5.74, 6) is -0.884. The maximum atomic E-state index is 13.4. The van der Waals surface area contributed by atoms with Crippen molar-refractivity contribution in [3.63, 3.8) is 0 Å². The van der Waals surface area contributed by atoms with Crippen molar-refractivity contribution in [1.82, 2.24) is 5.32 Å². The number of hydrogen-bond donors (Lipinski definition) is 3.